The summed E-state index contributed by atoms with van der Waals surface area (Å²) in [4.78, 5) is 11.5. The number of hydrogen-bond donors (Lipinski definition) is 1. The lowest BCUT2D eigenvalue weighted by Gasteiger charge is -2.39. The Hall–Kier alpha value is -1.50. The molecule has 1 saturated heterocycles. The highest BCUT2D eigenvalue weighted by Gasteiger charge is 2.34. The largest absolute Gasteiger partial charge is 0.378 e. The fourth-order valence-corrected chi connectivity index (χ4v) is 5.10. The van der Waals surface area contributed by atoms with Gasteiger partial charge in [-0.15, -0.1) is 5.10 Å². The van der Waals surface area contributed by atoms with E-state index in [9.17, 15) is 4.79 Å². The number of amides is 1. The number of carbonyl (C=O) groups is 1. The molecule has 1 aromatic heterocycles. The normalized spacial score (nSPS) is 29.3. The summed E-state index contributed by atoms with van der Waals surface area (Å²) in [5, 5.41) is 15.6. The van der Waals surface area contributed by atoms with Crippen LogP contribution in [0, 0.1) is 5.92 Å². The number of nitrogens with zero attached hydrogens (tertiary/aromatic N) is 4. The van der Waals surface area contributed by atoms with Crippen LogP contribution in [0.5, 0.6) is 0 Å². The molecule has 2 heterocycles. The van der Waals surface area contributed by atoms with Crippen LogP contribution in [0.2, 0.25) is 0 Å². The van der Waals surface area contributed by atoms with E-state index >= 15 is 0 Å². The van der Waals surface area contributed by atoms with Gasteiger partial charge < -0.3 is 10.1 Å². The third-order valence-electron chi connectivity index (χ3n) is 6.65. The molecule has 0 radical (unpaired) electrons. The van der Waals surface area contributed by atoms with Gasteiger partial charge in [0, 0.05) is 25.5 Å². The number of unbranched alkanes of at least 4 members (excludes halogenated alkanes) is 1. The molecule has 1 aromatic rings. The first-order valence-corrected chi connectivity index (χ1v) is 11.0. The number of piperidine rings is 1. The predicted molar refractivity (Wildman–Crippen MR) is 101 cm³/mol. The monoisotopic (exact) mass is 375 g/mol. The van der Waals surface area contributed by atoms with Crippen molar-refractivity contribution in [2.24, 2.45) is 5.92 Å². The van der Waals surface area contributed by atoms with Crippen molar-refractivity contribution in [2.75, 3.05) is 6.61 Å². The van der Waals surface area contributed by atoms with E-state index in [4.69, 9.17) is 4.74 Å². The lowest BCUT2D eigenvalue weighted by atomic mass is 9.78. The second-order valence-electron chi connectivity index (χ2n) is 8.57. The van der Waals surface area contributed by atoms with Crippen LogP contribution in [0.3, 0.4) is 0 Å². The van der Waals surface area contributed by atoms with Gasteiger partial charge in [-0.3, -0.25) is 4.79 Å². The maximum atomic E-state index is 11.5. The zero-order valence-electron chi connectivity index (χ0n) is 16.3. The van der Waals surface area contributed by atoms with Crippen molar-refractivity contribution in [3.05, 3.63) is 5.82 Å². The Labute approximate surface area is 161 Å². The second-order valence-corrected chi connectivity index (χ2v) is 8.57. The number of hydrogen-bond acceptors (Lipinski definition) is 5. The van der Waals surface area contributed by atoms with Crippen molar-refractivity contribution in [2.45, 2.75) is 102 Å². The molecule has 27 heavy (non-hydrogen) atoms. The molecule has 1 aliphatic heterocycles. The maximum Gasteiger partial charge on any atom is 0.220 e. The summed E-state index contributed by atoms with van der Waals surface area (Å²) in [5.41, 5.74) is 0. The molecule has 4 rings (SSSR count). The average Bonchev–Trinajstić information content (AvgIpc) is 3.17. The van der Waals surface area contributed by atoms with E-state index in [1.165, 1.54) is 32.1 Å². The molecule has 3 atom stereocenters. The number of ether oxygens (including phenoxy) is 1. The predicted octanol–water partition coefficient (Wildman–Crippen LogP) is 2.96. The minimum atomic E-state index is 0.228. The SMILES string of the molecule is O=C1CCC2CC(OCCCCc3nnnn3C3CCCCC3)CCC2N1. The highest BCUT2D eigenvalue weighted by atomic mass is 16.5. The van der Waals surface area contributed by atoms with Crippen LogP contribution in [0.4, 0.5) is 0 Å². The molecule has 0 bridgehead atoms. The second kappa shape index (κ2) is 9.13. The first-order chi connectivity index (χ1) is 13.3. The number of carbonyl (C=O) groups excluding carboxylic acids is 1. The average molecular weight is 376 g/mol. The van der Waals surface area contributed by atoms with Gasteiger partial charge in [0.1, 0.15) is 0 Å². The third-order valence-corrected chi connectivity index (χ3v) is 6.65. The van der Waals surface area contributed by atoms with Crippen molar-refractivity contribution in [1.82, 2.24) is 25.5 Å². The first-order valence-electron chi connectivity index (χ1n) is 11.0. The molecular formula is C20H33N5O2. The highest BCUT2D eigenvalue weighted by molar-refractivity contribution is 5.77. The zero-order chi connectivity index (χ0) is 18.5. The van der Waals surface area contributed by atoms with Crippen molar-refractivity contribution < 1.29 is 9.53 Å². The Morgan fingerprint density at radius 1 is 1.07 bits per heavy atom. The fraction of sp³-hybridized carbons (Fsp3) is 0.900. The van der Waals surface area contributed by atoms with E-state index in [0.29, 0.717) is 30.5 Å². The minimum absolute atomic E-state index is 0.228. The van der Waals surface area contributed by atoms with Crippen molar-refractivity contribution in [3.63, 3.8) is 0 Å². The van der Waals surface area contributed by atoms with Gasteiger partial charge in [0.15, 0.2) is 5.82 Å². The van der Waals surface area contributed by atoms with Gasteiger partial charge in [-0.2, -0.15) is 0 Å². The van der Waals surface area contributed by atoms with Crippen molar-refractivity contribution in [1.29, 1.82) is 0 Å². The molecule has 7 nitrogen and oxygen atoms in total. The van der Waals surface area contributed by atoms with E-state index in [-0.39, 0.29) is 5.91 Å². The Kier molecular flexibility index (Phi) is 6.37. The van der Waals surface area contributed by atoms with E-state index in [1.807, 2.05) is 0 Å². The summed E-state index contributed by atoms with van der Waals surface area (Å²) in [6, 6.07) is 0.899. The van der Waals surface area contributed by atoms with Crippen LogP contribution in [0.1, 0.15) is 88.9 Å². The Morgan fingerprint density at radius 2 is 1.96 bits per heavy atom. The molecule has 2 aliphatic carbocycles. The molecule has 7 heteroatoms. The zero-order valence-corrected chi connectivity index (χ0v) is 16.3. The molecule has 3 unspecified atom stereocenters. The fourth-order valence-electron chi connectivity index (χ4n) is 5.10. The quantitative estimate of drug-likeness (QED) is 0.741. The number of aromatic nitrogens is 4. The highest BCUT2D eigenvalue weighted by Crippen LogP contribution is 2.32. The molecule has 0 aromatic carbocycles. The first kappa shape index (κ1) is 18.8. The van der Waals surface area contributed by atoms with E-state index < -0.39 is 0 Å². The summed E-state index contributed by atoms with van der Waals surface area (Å²) >= 11 is 0. The topological polar surface area (TPSA) is 81.9 Å². The summed E-state index contributed by atoms with van der Waals surface area (Å²) in [7, 11) is 0. The molecular weight excluding hydrogens is 342 g/mol. The summed E-state index contributed by atoms with van der Waals surface area (Å²) < 4.78 is 8.24. The molecule has 150 valence electrons. The van der Waals surface area contributed by atoms with E-state index in [0.717, 1.165) is 57.4 Å². The van der Waals surface area contributed by atoms with Gasteiger partial charge in [0.2, 0.25) is 5.91 Å². The number of rotatable bonds is 7. The Balaban J connectivity index is 1.14. The Bertz CT molecular complexity index is 613. The van der Waals surface area contributed by atoms with Crippen LogP contribution >= 0.6 is 0 Å². The smallest absolute Gasteiger partial charge is 0.220 e. The number of nitrogens with one attached hydrogen (secondary N) is 1. The summed E-state index contributed by atoms with van der Waals surface area (Å²) in [6.07, 6.45) is 14.8. The molecule has 1 amide bonds. The van der Waals surface area contributed by atoms with E-state index in [2.05, 4.69) is 25.5 Å². The van der Waals surface area contributed by atoms with Crippen LogP contribution in [0.15, 0.2) is 0 Å². The van der Waals surface area contributed by atoms with Crippen LogP contribution in [-0.2, 0) is 16.0 Å². The summed E-state index contributed by atoms with van der Waals surface area (Å²) in [5.74, 6) is 1.88. The molecule has 0 spiro atoms. The number of fused-ring (bicyclic) bond motifs is 1. The van der Waals surface area contributed by atoms with Crippen LogP contribution in [0.25, 0.3) is 0 Å². The van der Waals surface area contributed by atoms with Gasteiger partial charge in [-0.1, -0.05) is 19.3 Å². The van der Waals surface area contributed by atoms with Crippen LogP contribution < -0.4 is 5.32 Å². The lowest BCUT2D eigenvalue weighted by Crippen LogP contribution is -2.48. The number of aryl methyl sites for hydroxylation is 1. The third kappa shape index (κ3) is 4.86. The minimum Gasteiger partial charge on any atom is -0.378 e. The summed E-state index contributed by atoms with van der Waals surface area (Å²) in [6.45, 7) is 0.819. The van der Waals surface area contributed by atoms with Crippen LogP contribution in [-0.4, -0.2) is 44.9 Å². The van der Waals surface area contributed by atoms with Gasteiger partial charge in [0.25, 0.3) is 0 Å². The van der Waals surface area contributed by atoms with Gasteiger partial charge in [-0.25, -0.2) is 4.68 Å². The van der Waals surface area contributed by atoms with Crippen molar-refractivity contribution in [3.8, 4) is 0 Å². The standard InChI is InChI=1S/C20H33N5O2/c26-20-12-9-15-14-17(10-11-18(15)21-20)27-13-5-4-8-19-22-23-24-25(19)16-6-2-1-3-7-16/h15-18H,1-14H2,(H,21,26). The van der Waals surface area contributed by atoms with Gasteiger partial charge >= 0.3 is 0 Å². The van der Waals surface area contributed by atoms with Crippen molar-refractivity contribution >= 4 is 5.91 Å². The van der Waals surface area contributed by atoms with E-state index in [1.54, 1.807) is 0 Å². The number of tetrazole rings is 1. The maximum absolute atomic E-state index is 11.5. The molecule has 2 saturated carbocycles. The lowest BCUT2D eigenvalue weighted by molar-refractivity contribution is -0.126. The van der Waals surface area contributed by atoms with Gasteiger partial charge in [0.05, 0.1) is 12.1 Å². The molecule has 3 aliphatic rings. The van der Waals surface area contributed by atoms with Gasteiger partial charge in [-0.05, 0) is 67.7 Å². The molecule has 3 fully saturated rings. The molecule has 1 N–H and O–H groups in total. The Morgan fingerprint density at radius 3 is 2.85 bits per heavy atom.